The van der Waals surface area contributed by atoms with E-state index in [0.717, 1.165) is 49.2 Å². The van der Waals surface area contributed by atoms with Crippen molar-refractivity contribution in [3.8, 4) is 50.6 Å². The molecule has 0 fully saturated rings. The summed E-state index contributed by atoms with van der Waals surface area (Å²) in [4.78, 5) is 0. The van der Waals surface area contributed by atoms with E-state index in [0.29, 0.717) is 16.8 Å². The Balaban J connectivity index is 0.000000143. The van der Waals surface area contributed by atoms with E-state index in [4.69, 9.17) is 19.5 Å². The van der Waals surface area contributed by atoms with Gasteiger partial charge in [0, 0.05) is 0 Å². The van der Waals surface area contributed by atoms with Gasteiger partial charge in [-0.25, -0.2) is 0 Å². The van der Waals surface area contributed by atoms with Gasteiger partial charge < -0.3 is 23.7 Å². The molecule has 0 spiro atoms. The van der Waals surface area contributed by atoms with E-state index in [1.54, 1.807) is 37.4 Å². The topological polar surface area (TPSA) is 102 Å². The Morgan fingerprint density at radius 2 is 0.653 bits per heavy atom. The largest absolute Gasteiger partial charge is 0.534 e. The van der Waals surface area contributed by atoms with Gasteiger partial charge in [-0.2, -0.15) is 21.6 Å². The number of halogens is 3. The molecule has 0 atom stereocenters. The molecule has 370 valence electrons. The van der Waals surface area contributed by atoms with E-state index >= 15 is 0 Å². The number of hydrogen-bond donors (Lipinski definition) is 2. The van der Waals surface area contributed by atoms with Crippen molar-refractivity contribution in [2.24, 2.45) is 0 Å². The molecule has 12 aromatic rings. The Morgan fingerprint density at radius 1 is 0.347 bits per heavy atom. The fraction of sp³-hybridized carbons (Fsp3) is 0.0476. The fourth-order valence-electron chi connectivity index (χ4n) is 9.56. The number of ether oxygens (including phenoxy) is 2. The molecular weight excluding hydrogens is 969 g/mol. The lowest BCUT2D eigenvalue weighted by molar-refractivity contribution is -0.0500. The van der Waals surface area contributed by atoms with Crippen molar-refractivity contribution >= 4 is 87.3 Å². The summed E-state index contributed by atoms with van der Waals surface area (Å²) in [5.41, 5.74) is 0.989. The van der Waals surface area contributed by atoms with Crippen molar-refractivity contribution in [1.82, 2.24) is 0 Å². The predicted octanol–water partition coefficient (Wildman–Crippen LogP) is 14.9. The maximum absolute atomic E-state index is 12.7. The van der Waals surface area contributed by atoms with Crippen LogP contribution in [0, 0.1) is 0 Å². The number of alkyl halides is 3. The van der Waals surface area contributed by atoms with Crippen molar-refractivity contribution in [1.29, 1.82) is 0 Å². The smallest absolute Gasteiger partial charge is 0.497 e. The summed E-state index contributed by atoms with van der Waals surface area (Å²) in [7, 11) is -3.93. The van der Waals surface area contributed by atoms with Crippen LogP contribution in [0.25, 0.3) is 98.0 Å². The van der Waals surface area contributed by atoms with E-state index in [-0.39, 0.29) is 0 Å². The highest BCUT2D eigenvalue weighted by Gasteiger charge is 2.48. The molecule has 0 unspecified atom stereocenters. The average molecular weight is 1010 g/mol. The van der Waals surface area contributed by atoms with Gasteiger partial charge in [-0.1, -0.05) is 176 Å². The first-order chi connectivity index (χ1) is 36.3. The highest BCUT2D eigenvalue weighted by molar-refractivity contribution is 7.88. The quantitative estimate of drug-likeness (QED) is 0.0676. The molecule has 75 heavy (non-hydrogen) atoms. The lowest BCUT2D eigenvalue weighted by Gasteiger charge is -2.13. The summed E-state index contributed by atoms with van der Waals surface area (Å²) >= 11 is 0. The van der Waals surface area contributed by atoms with Gasteiger partial charge in [0.2, 0.25) is 0 Å². The fourth-order valence-corrected chi connectivity index (χ4v) is 10.0. The second-order valence-electron chi connectivity index (χ2n) is 17.7. The minimum atomic E-state index is -5.74. The van der Waals surface area contributed by atoms with Crippen LogP contribution in [0.3, 0.4) is 0 Å². The van der Waals surface area contributed by atoms with Gasteiger partial charge in [0.1, 0.15) is 17.2 Å². The first-order valence-corrected chi connectivity index (χ1v) is 25.2. The Bertz CT molecular complexity index is 4130. The minimum absolute atomic E-state index is 0.400. The third-order valence-corrected chi connectivity index (χ3v) is 14.1. The Hall–Kier alpha value is -8.68. The van der Waals surface area contributed by atoms with Gasteiger partial charge in [-0.15, -0.1) is 0 Å². The molecule has 0 aromatic heterocycles. The third-order valence-electron chi connectivity index (χ3n) is 13.1. The molecule has 0 aliphatic heterocycles. The van der Waals surface area contributed by atoms with E-state index < -0.39 is 28.5 Å². The van der Waals surface area contributed by atoms with Crippen LogP contribution in [-0.4, -0.2) is 45.3 Å². The van der Waals surface area contributed by atoms with Crippen molar-refractivity contribution in [3.63, 3.8) is 0 Å². The highest BCUT2D eigenvalue weighted by Crippen LogP contribution is 2.40. The van der Waals surface area contributed by atoms with E-state index in [1.165, 1.54) is 74.3 Å². The second-order valence-corrected chi connectivity index (χ2v) is 19.2. The number of benzene rings is 12. The Labute approximate surface area is 431 Å². The number of fused-ring (bicyclic) bond motifs is 12. The molecule has 2 N–H and O–H groups in total. The van der Waals surface area contributed by atoms with Crippen LogP contribution in [0.1, 0.15) is 0 Å². The zero-order valence-corrected chi connectivity index (χ0v) is 41.3. The van der Waals surface area contributed by atoms with Crippen LogP contribution in [0.15, 0.2) is 231 Å². The predicted molar refractivity (Wildman–Crippen MR) is 299 cm³/mol. The third kappa shape index (κ3) is 10.3. The van der Waals surface area contributed by atoms with Crippen molar-refractivity contribution < 1.29 is 45.3 Å². The Kier molecular flexibility index (Phi) is 14.0. The molecule has 0 radical (unpaired) electrons. The molecule has 0 saturated heterocycles. The van der Waals surface area contributed by atoms with Crippen LogP contribution >= 0.6 is 0 Å². The molecule has 0 heterocycles. The lowest BCUT2D eigenvalue weighted by Crippen LogP contribution is -2.29. The average Bonchev–Trinajstić information content (AvgIpc) is 3.46. The summed E-state index contributed by atoms with van der Waals surface area (Å²) in [5.74, 6) is 1.09. The molecule has 0 bridgehead atoms. The molecule has 12 aromatic carbocycles. The van der Waals surface area contributed by atoms with Crippen LogP contribution in [-0.2, 0) is 10.1 Å². The van der Waals surface area contributed by atoms with Gasteiger partial charge in [-0.05, 0) is 158 Å². The zero-order valence-electron chi connectivity index (χ0n) is 40.5. The van der Waals surface area contributed by atoms with Crippen LogP contribution in [0.4, 0.5) is 13.2 Å². The van der Waals surface area contributed by atoms with Crippen molar-refractivity contribution in [2.75, 3.05) is 14.2 Å². The summed E-state index contributed by atoms with van der Waals surface area (Å²) in [6, 6.07) is 75.4. The normalized spacial score (nSPS) is 11.5. The number of rotatable bonds is 8. The molecule has 12 rings (SSSR count). The van der Waals surface area contributed by atoms with E-state index in [2.05, 4.69) is 126 Å². The van der Waals surface area contributed by atoms with Gasteiger partial charge in [0.05, 0.1) is 14.2 Å². The Morgan fingerprint density at radius 3 is 1.04 bits per heavy atom. The van der Waals surface area contributed by atoms with Crippen LogP contribution in [0.5, 0.6) is 17.2 Å². The lowest BCUT2D eigenvalue weighted by atomic mass is 9.80. The molecule has 0 saturated carbocycles. The molecule has 0 aliphatic carbocycles. The molecule has 12 heteroatoms. The van der Waals surface area contributed by atoms with Gasteiger partial charge in [-0.3, -0.25) is 0 Å². The summed E-state index contributed by atoms with van der Waals surface area (Å²) in [5, 5.41) is 31.7. The van der Waals surface area contributed by atoms with Gasteiger partial charge in [0.25, 0.3) is 0 Å². The second kappa shape index (κ2) is 21.0. The van der Waals surface area contributed by atoms with Crippen molar-refractivity contribution in [3.05, 3.63) is 231 Å². The standard InChI is InChI=1S/C31H22O.C25H15F3O3S.C7H9BO3/c1-32-25-11-7-10-23(19-25)21-8-6-9-22(18-21)24-16-17-30-28-14-3-2-12-26(28)27-13-4-5-15-29(27)31(30)20-24;26-25(27,28)32(29,30)31-18-7-5-6-16(14-18)17-12-13-23-21-10-2-1-8-19(21)20-9-3-4-11-22(20)24(23)15-17;1-11-7-4-2-3-6(5-7)8(9)10/h2-20H,1H3;1-15H;2-5,9-10H,1H3. The molecular formula is C63H46BF3O7S. The van der Waals surface area contributed by atoms with Gasteiger partial charge >= 0.3 is 22.7 Å². The van der Waals surface area contributed by atoms with Crippen LogP contribution in [0.2, 0.25) is 0 Å². The monoisotopic (exact) mass is 1010 g/mol. The first kappa shape index (κ1) is 49.9. The SMILES string of the molecule is COc1cccc(-c2cccc(-c3ccc4c5ccccc5c5ccccc5c4c3)c2)c1.COc1cccc(B(O)O)c1.O=S(=O)(Oc1cccc(-c2ccc3c4ccccc4c4ccccc4c3c2)c1)C(F)(F)F. The summed E-state index contributed by atoms with van der Waals surface area (Å²) in [6.07, 6.45) is 0. The maximum Gasteiger partial charge on any atom is 0.534 e. The molecule has 7 nitrogen and oxygen atoms in total. The van der Waals surface area contributed by atoms with Crippen LogP contribution < -0.4 is 19.1 Å². The zero-order chi connectivity index (χ0) is 52.3. The first-order valence-electron chi connectivity index (χ1n) is 23.8. The van der Waals surface area contributed by atoms with E-state index in [1.807, 2.05) is 60.7 Å². The minimum Gasteiger partial charge on any atom is -0.497 e. The highest BCUT2D eigenvalue weighted by atomic mass is 32.2. The van der Waals surface area contributed by atoms with E-state index in [9.17, 15) is 21.6 Å². The summed E-state index contributed by atoms with van der Waals surface area (Å²) in [6.45, 7) is 0. The molecule has 0 aliphatic rings. The maximum atomic E-state index is 12.7. The van der Waals surface area contributed by atoms with Crippen molar-refractivity contribution in [2.45, 2.75) is 5.51 Å². The van der Waals surface area contributed by atoms with Gasteiger partial charge in [0.15, 0.2) is 0 Å². The molecule has 0 amide bonds. The summed E-state index contributed by atoms with van der Waals surface area (Å²) < 4.78 is 75.4. The number of methoxy groups -OCH3 is 2. The number of hydrogen-bond acceptors (Lipinski definition) is 7.